The summed E-state index contributed by atoms with van der Waals surface area (Å²) in [4.78, 5) is 11.7. The minimum Gasteiger partial charge on any atom is -0.393 e. The molecule has 0 spiro atoms. The molecule has 0 aromatic heterocycles. The number of amides is 1. The Morgan fingerprint density at radius 3 is 2.80 bits per heavy atom. The Morgan fingerprint density at radius 1 is 1.35 bits per heavy atom. The first kappa shape index (κ1) is 15.4. The van der Waals surface area contributed by atoms with E-state index < -0.39 is 0 Å². The second-order valence-corrected chi connectivity index (χ2v) is 5.82. The summed E-state index contributed by atoms with van der Waals surface area (Å²) in [5.74, 6) is 0.00694. The van der Waals surface area contributed by atoms with Gasteiger partial charge in [-0.05, 0) is 36.6 Å². The molecule has 0 heterocycles. The highest BCUT2D eigenvalue weighted by Gasteiger charge is 2.24. The Kier molecular flexibility index (Phi) is 5.46. The third kappa shape index (κ3) is 4.23. The third-order valence-electron chi connectivity index (χ3n) is 3.53. The molecule has 2 N–H and O–H groups in total. The second kappa shape index (κ2) is 7.11. The summed E-state index contributed by atoms with van der Waals surface area (Å²) < 4.78 is 0. The molecule has 1 saturated carbocycles. The van der Waals surface area contributed by atoms with Crippen molar-refractivity contribution in [3.05, 3.63) is 39.9 Å². The zero-order chi connectivity index (χ0) is 14.5. The van der Waals surface area contributed by atoms with E-state index in [2.05, 4.69) is 5.32 Å². The highest BCUT2D eigenvalue weighted by molar-refractivity contribution is 6.42. The van der Waals surface area contributed by atoms with Gasteiger partial charge in [0.1, 0.15) is 0 Å². The maximum absolute atomic E-state index is 11.7. The molecule has 1 aromatic rings. The lowest BCUT2D eigenvalue weighted by Crippen LogP contribution is -2.31. The first-order valence-corrected chi connectivity index (χ1v) is 7.41. The number of carbonyl (C=O) groups is 1. The first-order valence-electron chi connectivity index (χ1n) is 6.65. The topological polar surface area (TPSA) is 49.3 Å². The van der Waals surface area contributed by atoms with Gasteiger partial charge in [0.15, 0.2) is 0 Å². The molecule has 5 heteroatoms. The smallest absolute Gasteiger partial charge is 0.244 e. The molecule has 1 aliphatic rings. The van der Waals surface area contributed by atoms with Gasteiger partial charge in [0.25, 0.3) is 0 Å². The molecule has 1 fully saturated rings. The van der Waals surface area contributed by atoms with Crippen LogP contribution in [-0.2, 0) is 4.79 Å². The van der Waals surface area contributed by atoms with Crippen LogP contribution in [0.3, 0.4) is 0 Å². The summed E-state index contributed by atoms with van der Waals surface area (Å²) in [6, 6.07) is 5.18. The Balaban J connectivity index is 1.84. The van der Waals surface area contributed by atoms with Crippen LogP contribution in [0.5, 0.6) is 0 Å². The molecule has 1 aliphatic carbocycles. The van der Waals surface area contributed by atoms with Gasteiger partial charge in [-0.15, -0.1) is 0 Å². The summed E-state index contributed by atoms with van der Waals surface area (Å²) in [5.41, 5.74) is 0.815. The van der Waals surface area contributed by atoms with Crippen LogP contribution in [0, 0.1) is 5.92 Å². The minimum absolute atomic E-state index is 0.171. The van der Waals surface area contributed by atoms with Gasteiger partial charge in [-0.1, -0.05) is 35.7 Å². The van der Waals surface area contributed by atoms with Crippen LogP contribution >= 0.6 is 23.2 Å². The van der Waals surface area contributed by atoms with E-state index in [0.29, 0.717) is 16.6 Å². The largest absolute Gasteiger partial charge is 0.393 e. The van der Waals surface area contributed by atoms with E-state index in [1.165, 1.54) is 6.08 Å². The summed E-state index contributed by atoms with van der Waals surface area (Å²) >= 11 is 11.7. The van der Waals surface area contributed by atoms with Gasteiger partial charge in [-0.3, -0.25) is 4.79 Å². The predicted molar refractivity (Wildman–Crippen MR) is 81.9 cm³/mol. The van der Waals surface area contributed by atoms with E-state index in [9.17, 15) is 9.90 Å². The quantitative estimate of drug-likeness (QED) is 0.838. The van der Waals surface area contributed by atoms with E-state index in [1.54, 1.807) is 24.3 Å². The maximum atomic E-state index is 11.7. The fourth-order valence-corrected chi connectivity index (χ4v) is 2.64. The molecular weight excluding hydrogens is 297 g/mol. The van der Waals surface area contributed by atoms with Crippen molar-refractivity contribution in [3.8, 4) is 0 Å². The number of aliphatic hydroxyl groups is 1. The predicted octanol–water partition coefficient (Wildman–Crippen LogP) is 3.28. The average Bonchev–Trinajstić information content (AvgIpc) is 2.83. The number of nitrogens with one attached hydrogen (secondary N) is 1. The van der Waals surface area contributed by atoms with Gasteiger partial charge in [0, 0.05) is 18.5 Å². The van der Waals surface area contributed by atoms with Crippen molar-refractivity contribution in [2.75, 3.05) is 6.54 Å². The Morgan fingerprint density at radius 2 is 2.15 bits per heavy atom. The number of benzene rings is 1. The van der Waals surface area contributed by atoms with Crippen molar-refractivity contribution in [3.63, 3.8) is 0 Å². The van der Waals surface area contributed by atoms with Crippen molar-refractivity contribution in [1.82, 2.24) is 5.32 Å². The van der Waals surface area contributed by atoms with E-state index in [0.717, 1.165) is 24.8 Å². The van der Waals surface area contributed by atoms with Gasteiger partial charge in [0.2, 0.25) is 5.91 Å². The van der Waals surface area contributed by atoms with E-state index in [-0.39, 0.29) is 17.9 Å². The first-order chi connectivity index (χ1) is 9.56. The molecule has 108 valence electrons. The number of hydrogen-bond donors (Lipinski definition) is 2. The summed E-state index contributed by atoms with van der Waals surface area (Å²) in [6.45, 7) is 0.520. The van der Waals surface area contributed by atoms with Gasteiger partial charge in [0.05, 0.1) is 16.1 Å². The minimum atomic E-state index is -0.283. The standard InChI is InChI=1S/C15H17Cl2NO2/c16-12-6-4-10(8-13(12)17)5-7-15(20)18-9-11-2-1-3-14(11)19/h4-8,11,14,19H,1-3,9H2,(H,18,20). The summed E-state index contributed by atoms with van der Waals surface area (Å²) in [7, 11) is 0. The fraction of sp³-hybridized carbons (Fsp3) is 0.400. The highest BCUT2D eigenvalue weighted by atomic mass is 35.5. The molecule has 1 amide bonds. The normalized spacial score (nSPS) is 22.4. The maximum Gasteiger partial charge on any atom is 0.244 e. The number of aliphatic hydroxyl groups excluding tert-OH is 1. The van der Waals surface area contributed by atoms with Gasteiger partial charge >= 0.3 is 0 Å². The number of halogens is 2. The average molecular weight is 314 g/mol. The van der Waals surface area contributed by atoms with Crippen LogP contribution in [0.25, 0.3) is 6.08 Å². The molecule has 0 saturated heterocycles. The number of carbonyl (C=O) groups excluding carboxylic acids is 1. The highest BCUT2D eigenvalue weighted by Crippen LogP contribution is 2.25. The van der Waals surface area contributed by atoms with Gasteiger partial charge < -0.3 is 10.4 Å². The molecule has 1 aromatic carbocycles. The Hall–Kier alpha value is -1.03. The van der Waals surface area contributed by atoms with E-state index in [1.807, 2.05) is 0 Å². The number of hydrogen-bond acceptors (Lipinski definition) is 2. The van der Waals surface area contributed by atoms with Crippen molar-refractivity contribution >= 4 is 35.2 Å². The van der Waals surface area contributed by atoms with E-state index >= 15 is 0 Å². The zero-order valence-electron chi connectivity index (χ0n) is 11.0. The van der Waals surface area contributed by atoms with E-state index in [4.69, 9.17) is 23.2 Å². The van der Waals surface area contributed by atoms with Gasteiger partial charge in [-0.25, -0.2) is 0 Å². The second-order valence-electron chi connectivity index (χ2n) is 5.01. The van der Waals surface area contributed by atoms with Crippen LogP contribution in [0.1, 0.15) is 24.8 Å². The molecule has 0 bridgehead atoms. The fourth-order valence-electron chi connectivity index (χ4n) is 2.33. The third-order valence-corrected chi connectivity index (χ3v) is 4.27. The van der Waals surface area contributed by atoms with Crippen molar-refractivity contribution in [1.29, 1.82) is 0 Å². The molecule has 2 atom stereocenters. The Bertz CT molecular complexity index is 517. The number of rotatable bonds is 4. The van der Waals surface area contributed by atoms with Crippen LogP contribution in [0.2, 0.25) is 10.0 Å². The lowest BCUT2D eigenvalue weighted by molar-refractivity contribution is -0.116. The van der Waals surface area contributed by atoms with Crippen LogP contribution in [0.15, 0.2) is 24.3 Å². The van der Waals surface area contributed by atoms with Crippen molar-refractivity contribution < 1.29 is 9.90 Å². The molecule has 20 heavy (non-hydrogen) atoms. The lowest BCUT2D eigenvalue weighted by atomic mass is 10.1. The monoisotopic (exact) mass is 313 g/mol. The van der Waals surface area contributed by atoms with Crippen molar-refractivity contribution in [2.24, 2.45) is 5.92 Å². The molecule has 2 rings (SSSR count). The van der Waals surface area contributed by atoms with Gasteiger partial charge in [-0.2, -0.15) is 0 Å². The molecule has 0 radical (unpaired) electrons. The SMILES string of the molecule is O=C(C=Cc1ccc(Cl)c(Cl)c1)NCC1CCCC1O. The van der Waals surface area contributed by atoms with Crippen LogP contribution in [0.4, 0.5) is 0 Å². The lowest BCUT2D eigenvalue weighted by Gasteiger charge is -2.13. The summed E-state index contributed by atoms with van der Waals surface area (Å²) in [5, 5.41) is 13.4. The molecule has 2 unspecified atom stereocenters. The molecule has 3 nitrogen and oxygen atoms in total. The molecule has 0 aliphatic heterocycles. The van der Waals surface area contributed by atoms with Crippen LogP contribution in [-0.4, -0.2) is 23.7 Å². The van der Waals surface area contributed by atoms with Crippen molar-refractivity contribution in [2.45, 2.75) is 25.4 Å². The molecular formula is C15H17Cl2NO2. The Labute approximate surface area is 128 Å². The summed E-state index contributed by atoms with van der Waals surface area (Å²) in [6.07, 6.45) is 5.69. The zero-order valence-corrected chi connectivity index (χ0v) is 12.5. The van der Waals surface area contributed by atoms with Crippen LogP contribution < -0.4 is 5.32 Å².